The molecule has 1 saturated carbocycles. The van der Waals surface area contributed by atoms with Crippen molar-refractivity contribution in [1.29, 1.82) is 0 Å². The highest BCUT2D eigenvalue weighted by Gasteiger charge is 2.24. The van der Waals surface area contributed by atoms with Crippen LogP contribution in [0.1, 0.15) is 36.4 Å². The van der Waals surface area contributed by atoms with Crippen molar-refractivity contribution < 1.29 is 4.52 Å². The van der Waals surface area contributed by atoms with Gasteiger partial charge in [-0.15, -0.1) is 0 Å². The SMILES string of the molecule is Cc1c(C2CCC2)[nH]oc1=O. The summed E-state index contributed by atoms with van der Waals surface area (Å²) >= 11 is 0. The van der Waals surface area contributed by atoms with E-state index in [4.69, 9.17) is 0 Å². The standard InChI is InChI=1S/C8H11NO2/c1-5-7(6-3-2-4-6)9-11-8(5)10/h6,9H,2-4H2,1H3. The van der Waals surface area contributed by atoms with Crippen molar-refractivity contribution in [1.82, 2.24) is 5.16 Å². The first-order valence-electron chi connectivity index (χ1n) is 3.97. The van der Waals surface area contributed by atoms with Crippen LogP contribution in [0.25, 0.3) is 0 Å². The lowest BCUT2D eigenvalue weighted by Gasteiger charge is -2.23. The van der Waals surface area contributed by atoms with Gasteiger partial charge < -0.3 is 4.52 Å². The van der Waals surface area contributed by atoms with Crippen LogP contribution in [0.15, 0.2) is 9.32 Å². The van der Waals surface area contributed by atoms with E-state index in [0.717, 1.165) is 11.3 Å². The number of hydrogen-bond acceptors (Lipinski definition) is 2. The third-order valence-corrected chi connectivity index (χ3v) is 2.48. The number of H-pyrrole nitrogens is 1. The van der Waals surface area contributed by atoms with Crippen LogP contribution < -0.4 is 5.63 Å². The summed E-state index contributed by atoms with van der Waals surface area (Å²) in [5.74, 6) is 0.557. The molecule has 0 unspecified atom stereocenters. The van der Waals surface area contributed by atoms with Gasteiger partial charge in [-0.3, -0.25) is 0 Å². The molecule has 0 bridgehead atoms. The highest BCUT2D eigenvalue weighted by molar-refractivity contribution is 5.18. The average Bonchev–Trinajstić information content (AvgIpc) is 2.15. The number of hydrogen-bond donors (Lipinski definition) is 1. The molecule has 60 valence electrons. The van der Waals surface area contributed by atoms with Crippen molar-refractivity contribution in [2.24, 2.45) is 0 Å². The second-order valence-corrected chi connectivity index (χ2v) is 3.16. The van der Waals surface area contributed by atoms with Crippen molar-refractivity contribution in [2.75, 3.05) is 0 Å². The average molecular weight is 153 g/mol. The quantitative estimate of drug-likeness (QED) is 0.665. The van der Waals surface area contributed by atoms with E-state index in [1.165, 1.54) is 19.3 Å². The van der Waals surface area contributed by atoms with Gasteiger partial charge in [0.05, 0.1) is 11.3 Å². The van der Waals surface area contributed by atoms with E-state index in [0.29, 0.717) is 5.92 Å². The van der Waals surface area contributed by atoms with Gasteiger partial charge >= 0.3 is 5.63 Å². The molecular weight excluding hydrogens is 142 g/mol. The van der Waals surface area contributed by atoms with Gasteiger partial charge in [-0.2, -0.15) is 0 Å². The third-order valence-electron chi connectivity index (χ3n) is 2.48. The molecule has 3 nitrogen and oxygen atoms in total. The topological polar surface area (TPSA) is 46.0 Å². The summed E-state index contributed by atoms with van der Waals surface area (Å²) in [5.41, 5.74) is 1.56. The lowest BCUT2D eigenvalue weighted by molar-refractivity contribution is 0.350. The maximum absolute atomic E-state index is 10.9. The Hall–Kier alpha value is -0.990. The molecule has 3 heteroatoms. The molecule has 0 atom stereocenters. The van der Waals surface area contributed by atoms with Crippen LogP contribution >= 0.6 is 0 Å². The maximum Gasteiger partial charge on any atom is 0.360 e. The predicted octanol–water partition coefficient (Wildman–Crippen LogP) is 1.54. The molecule has 0 spiro atoms. The minimum absolute atomic E-state index is 0.216. The lowest BCUT2D eigenvalue weighted by Crippen LogP contribution is -2.11. The van der Waals surface area contributed by atoms with E-state index < -0.39 is 0 Å². The first-order valence-corrected chi connectivity index (χ1v) is 3.97. The molecule has 0 saturated heterocycles. The largest absolute Gasteiger partial charge is 0.360 e. The fourth-order valence-corrected chi connectivity index (χ4v) is 1.45. The van der Waals surface area contributed by atoms with E-state index in [2.05, 4.69) is 9.68 Å². The van der Waals surface area contributed by atoms with Crippen molar-refractivity contribution in [3.63, 3.8) is 0 Å². The second kappa shape index (κ2) is 2.26. The van der Waals surface area contributed by atoms with Gasteiger partial charge in [0.25, 0.3) is 0 Å². The molecule has 0 amide bonds. The third kappa shape index (κ3) is 0.914. The minimum atomic E-state index is -0.216. The highest BCUT2D eigenvalue weighted by Crippen LogP contribution is 2.35. The van der Waals surface area contributed by atoms with Crippen LogP contribution in [0.5, 0.6) is 0 Å². The molecule has 1 aliphatic rings. The van der Waals surface area contributed by atoms with Crippen molar-refractivity contribution in [2.45, 2.75) is 32.1 Å². The maximum atomic E-state index is 10.9. The summed E-state index contributed by atoms with van der Waals surface area (Å²) in [6.07, 6.45) is 3.66. The van der Waals surface area contributed by atoms with Gasteiger partial charge in [0.1, 0.15) is 0 Å². The molecule has 1 N–H and O–H groups in total. The monoisotopic (exact) mass is 153 g/mol. The summed E-state index contributed by atoms with van der Waals surface area (Å²) in [7, 11) is 0. The van der Waals surface area contributed by atoms with E-state index >= 15 is 0 Å². The zero-order valence-electron chi connectivity index (χ0n) is 6.52. The smallest absolute Gasteiger partial charge is 0.339 e. The molecule has 11 heavy (non-hydrogen) atoms. The van der Waals surface area contributed by atoms with Gasteiger partial charge in [0.15, 0.2) is 0 Å². The highest BCUT2D eigenvalue weighted by atomic mass is 16.5. The fraction of sp³-hybridized carbons (Fsp3) is 0.625. The molecule has 0 radical (unpaired) electrons. The van der Waals surface area contributed by atoms with Crippen LogP contribution in [0, 0.1) is 6.92 Å². The summed E-state index contributed by atoms with van der Waals surface area (Å²) in [6, 6.07) is 0. The Kier molecular flexibility index (Phi) is 1.37. The summed E-state index contributed by atoms with van der Waals surface area (Å²) in [4.78, 5) is 10.9. The molecule has 1 heterocycles. The van der Waals surface area contributed by atoms with E-state index in [-0.39, 0.29) is 5.63 Å². The van der Waals surface area contributed by atoms with Crippen LogP contribution in [0.2, 0.25) is 0 Å². The normalized spacial score (nSPS) is 18.3. The van der Waals surface area contributed by atoms with Gasteiger partial charge in [-0.05, 0) is 19.8 Å². The van der Waals surface area contributed by atoms with E-state index in [9.17, 15) is 4.79 Å². The number of aromatic nitrogens is 1. The number of aromatic amines is 1. The zero-order valence-corrected chi connectivity index (χ0v) is 6.52. The van der Waals surface area contributed by atoms with E-state index in [1.54, 1.807) is 0 Å². The first-order chi connectivity index (χ1) is 5.29. The predicted molar refractivity (Wildman–Crippen MR) is 40.7 cm³/mol. The fourth-order valence-electron chi connectivity index (χ4n) is 1.45. The summed E-state index contributed by atoms with van der Waals surface area (Å²) in [5, 5.41) is 2.69. The Morgan fingerprint density at radius 3 is 2.64 bits per heavy atom. The van der Waals surface area contributed by atoms with Crippen molar-refractivity contribution in [3.05, 3.63) is 21.7 Å². The van der Waals surface area contributed by atoms with Gasteiger partial charge in [0.2, 0.25) is 0 Å². The Morgan fingerprint density at radius 1 is 1.55 bits per heavy atom. The lowest BCUT2D eigenvalue weighted by atomic mass is 9.82. The van der Waals surface area contributed by atoms with Crippen LogP contribution in [0.4, 0.5) is 0 Å². The van der Waals surface area contributed by atoms with Crippen molar-refractivity contribution in [3.8, 4) is 0 Å². The Morgan fingerprint density at radius 2 is 2.27 bits per heavy atom. The molecule has 1 aromatic heterocycles. The van der Waals surface area contributed by atoms with E-state index in [1.807, 2.05) is 6.92 Å². The van der Waals surface area contributed by atoms with Crippen LogP contribution in [-0.4, -0.2) is 5.16 Å². The van der Waals surface area contributed by atoms with Crippen LogP contribution in [-0.2, 0) is 0 Å². The molecule has 2 rings (SSSR count). The Balaban J connectivity index is 2.36. The molecule has 0 aromatic carbocycles. The van der Waals surface area contributed by atoms with Gasteiger partial charge in [-0.25, -0.2) is 9.95 Å². The number of rotatable bonds is 1. The Bertz CT molecular complexity index is 306. The molecule has 1 aliphatic carbocycles. The van der Waals surface area contributed by atoms with Crippen LogP contribution in [0.3, 0.4) is 0 Å². The van der Waals surface area contributed by atoms with Gasteiger partial charge in [-0.1, -0.05) is 6.42 Å². The zero-order chi connectivity index (χ0) is 7.84. The molecule has 0 aliphatic heterocycles. The molecular formula is C8H11NO2. The first kappa shape index (κ1) is 6.70. The molecule has 1 aromatic rings. The summed E-state index contributed by atoms with van der Waals surface area (Å²) in [6.45, 7) is 1.82. The summed E-state index contributed by atoms with van der Waals surface area (Å²) < 4.78 is 4.67. The Labute approximate surface area is 64.4 Å². The molecule has 1 fully saturated rings. The number of nitrogens with one attached hydrogen (secondary N) is 1. The minimum Gasteiger partial charge on any atom is -0.339 e. The van der Waals surface area contributed by atoms with Crippen molar-refractivity contribution >= 4 is 0 Å². The second-order valence-electron chi connectivity index (χ2n) is 3.16. The van der Waals surface area contributed by atoms with Gasteiger partial charge in [0, 0.05) is 5.92 Å².